The van der Waals surface area contributed by atoms with Crippen molar-refractivity contribution in [1.29, 1.82) is 0 Å². The van der Waals surface area contributed by atoms with Crippen LogP contribution in [0.3, 0.4) is 0 Å². The summed E-state index contributed by atoms with van der Waals surface area (Å²) in [6.07, 6.45) is 5.98. The molecule has 0 saturated heterocycles. The lowest BCUT2D eigenvalue weighted by Crippen LogP contribution is -2.23. The molecule has 0 spiro atoms. The van der Waals surface area contributed by atoms with Gasteiger partial charge < -0.3 is 5.32 Å². The van der Waals surface area contributed by atoms with Crippen LogP contribution in [0, 0.1) is 13.8 Å². The summed E-state index contributed by atoms with van der Waals surface area (Å²) in [4.78, 5) is 10.2. The van der Waals surface area contributed by atoms with E-state index in [1.807, 2.05) is 12.4 Å². The van der Waals surface area contributed by atoms with Gasteiger partial charge in [-0.3, -0.25) is 4.98 Å². The Labute approximate surface area is 119 Å². The smallest absolute Gasteiger partial charge is 0.0897 e. The first kappa shape index (κ1) is 14.2. The number of rotatable bonds is 6. The molecule has 0 amide bonds. The van der Waals surface area contributed by atoms with E-state index >= 15 is 0 Å². The minimum absolute atomic E-state index is 0.321. The number of hydrogen-bond donors (Lipinski definition) is 1. The predicted molar refractivity (Wildman–Crippen MR) is 80.6 cm³/mol. The number of nitrogens with one attached hydrogen (secondary N) is 1. The maximum atomic E-state index is 4.50. The first-order valence-corrected chi connectivity index (χ1v) is 7.58. The molecular formula is C15H21N3S. The number of aromatic nitrogens is 2. The van der Waals surface area contributed by atoms with Gasteiger partial charge in [-0.15, -0.1) is 11.3 Å². The molecule has 0 saturated carbocycles. The Morgan fingerprint density at radius 1 is 1.21 bits per heavy atom. The van der Waals surface area contributed by atoms with Crippen LogP contribution in [0.25, 0.3) is 0 Å². The van der Waals surface area contributed by atoms with E-state index in [1.54, 1.807) is 11.3 Å². The van der Waals surface area contributed by atoms with Crippen molar-refractivity contribution in [3.8, 4) is 0 Å². The lowest BCUT2D eigenvalue weighted by molar-refractivity contribution is 0.531. The molecular weight excluding hydrogens is 254 g/mol. The van der Waals surface area contributed by atoms with E-state index in [1.165, 1.54) is 10.4 Å². The van der Waals surface area contributed by atoms with Crippen LogP contribution < -0.4 is 5.32 Å². The molecule has 0 fully saturated rings. The zero-order chi connectivity index (χ0) is 13.7. The van der Waals surface area contributed by atoms with Gasteiger partial charge in [-0.25, -0.2) is 4.98 Å². The summed E-state index contributed by atoms with van der Waals surface area (Å²) in [5.74, 6) is 0. The normalized spacial score (nSPS) is 12.6. The first-order valence-electron chi connectivity index (χ1n) is 6.76. The molecule has 0 aliphatic carbocycles. The Morgan fingerprint density at radius 3 is 2.63 bits per heavy atom. The van der Waals surface area contributed by atoms with E-state index in [-0.39, 0.29) is 0 Å². The van der Waals surface area contributed by atoms with Crippen LogP contribution in [0.1, 0.15) is 40.5 Å². The van der Waals surface area contributed by atoms with Gasteiger partial charge in [0.15, 0.2) is 0 Å². The average molecular weight is 275 g/mol. The van der Waals surface area contributed by atoms with Crippen molar-refractivity contribution in [2.75, 3.05) is 6.54 Å². The van der Waals surface area contributed by atoms with Gasteiger partial charge in [0.1, 0.15) is 0 Å². The molecule has 19 heavy (non-hydrogen) atoms. The number of nitrogens with zero attached hydrogens (tertiary/aromatic N) is 2. The zero-order valence-electron chi connectivity index (χ0n) is 11.8. The second-order valence-corrected chi connectivity index (χ2v) is 6.09. The minimum Gasteiger partial charge on any atom is -0.309 e. The Bertz CT molecular complexity index is 504. The minimum atomic E-state index is 0.321. The highest BCUT2D eigenvalue weighted by Crippen LogP contribution is 2.23. The number of pyridine rings is 1. The summed E-state index contributed by atoms with van der Waals surface area (Å²) in [7, 11) is 0. The molecule has 0 bridgehead atoms. The SMILES string of the molecule is CCCNC(Cc1ccc(C)cn1)c1cnc(C)s1. The predicted octanol–water partition coefficient (Wildman–Crippen LogP) is 3.44. The molecule has 3 nitrogen and oxygen atoms in total. The van der Waals surface area contributed by atoms with Crippen molar-refractivity contribution in [2.45, 2.75) is 39.7 Å². The van der Waals surface area contributed by atoms with Crippen molar-refractivity contribution >= 4 is 11.3 Å². The van der Waals surface area contributed by atoms with Gasteiger partial charge in [-0.2, -0.15) is 0 Å². The highest BCUT2D eigenvalue weighted by molar-refractivity contribution is 7.11. The molecule has 1 atom stereocenters. The second-order valence-electron chi connectivity index (χ2n) is 4.82. The number of hydrogen-bond acceptors (Lipinski definition) is 4. The van der Waals surface area contributed by atoms with E-state index in [4.69, 9.17) is 0 Å². The molecule has 0 aliphatic heterocycles. The van der Waals surface area contributed by atoms with Crippen molar-refractivity contribution < 1.29 is 0 Å². The topological polar surface area (TPSA) is 37.8 Å². The third-order valence-corrected chi connectivity index (χ3v) is 4.04. The molecule has 1 N–H and O–H groups in total. The summed E-state index contributed by atoms with van der Waals surface area (Å²) in [5, 5.41) is 4.71. The Balaban J connectivity index is 2.11. The Hall–Kier alpha value is -1.26. The molecule has 0 aliphatic rings. The molecule has 0 radical (unpaired) electrons. The maximum Gasteiger partial charge on any atom is 0.0897 e. The largest absolute Gasteiger partial charge is 0.309 e. The van der Waals surface area contributed by atoms with Crippen LogP contribution in [0.4, 0.5) is 0 Å². The fourth-order valence-corrected chi connectivity index (χ4v) is 2.82. The number of thiazole rings is 1. The first-order chi connectivity index (χ1) is 9.19. The zero-order valence-corrected chi connectivity index (χ0v) is 12.6. The van der Waals surface area contributed by atoms with E-state index in [0.29, 0.717) is 6.04 Å². The van der Waals surface area contributed by atoms with Gasteiger partial charge in [0.05, 0.1) is 5.01 Å². The second kappa shape index (κ2) is 6.78. The third-order valence-electron chi connectivity index (χ3n) is 3.01. The molecule has 2 rings (SSSR count). The van der Waals surface area contributed by atoms with Crippen molar-refractivity contribution in [3.05, 3.63) is 45.7 Å². The monoisotopic (exact) mass is 275 g/mol. The Kier molecular flexibility index (Phi) is 5.05. The van der Waals surface area contributed by atoms with Crippen LogP contribution in [0.5, 0.6) is 0 Å². The van der Waals surface area contributed by atoms with Crippen LogP contribution in [-0.4, -0.2) is 16.5 Å². The van der Waals surface area contributed by atoms with Crippen molar-refractivity contribution in [2.24, 2.45) is 0 Å². The van der Waals surface area contributed by atoms with Gasteiger partial charge in [-0.1, -0.05) is 13.0 Å². The highest BCUT2D eigenvalue weighted by atomic mass is 32.1. The van der Waals surface area contributed by atoms with Gasteiger partial charge in [0, 0.05) is 35.4 Å². The molecule has 4 heteroatoms. The molecule has 102 valence electrons. The van der Waals surface area contributed by atoms with E-state index in [9.17, 15) is 0 Å². The Morgan fingerprint density at radius 2 is 2.05 bits per heavy atom. The lowest BCUT2D eigenvalue weighted by atomic mass is 10.1. The summed E-state index contributed by atoms with van der Waals surface area (Å²) >= 11 is 1.77. The standard InChI is InChI=1S/C15H21N3S/c1-4-7-16-14(15-10-17-12(3)19-15)8-13-6-5-11(2)9-18-13/h5-6,9-10,14,16H,4,7-8H2,1-3H3. The maximum absolute atomic E-state index is 4.50. The van der Waals surface area contributed by atoms with Crippen LogP contribution in [-0.2, 0) is 6.42 Å². The number of aryl methyl sites for hydroxylation is 2. The summed E-state index contributed by atoms with van der Waals surface area (Å²) in [6.45, 7) is 7.32. The fourth-order valence-electron chi connectivity index (χ4n) is 1.96. The van der Waals surface area contributed by atoms with E-state index in [0.717, 1.165) is 30.1 Å². The highest BCUT2D eigenvalue weighted by Gasteiger charge is 2.14. The van der Waals surface area contributed by atoms with Gasteiger partial charge >= 0.3 is 0 Å². The average Bonchev–Trinajstić information content (AvgIpc) is 2.83. The fraction of sp³-hybridized carbons (Fsp3) is 0.467. The van der Waals surface area contributed by atoms with Gasteiger partial charge in [-0.05, 0) is 38.4 Å². The third kappa shape index (κ3) is 4.11. The molecule has 2 aromatic heterocycles. The summed E-state index contributed by atoms with van der Waals surface area (Å²) in [6, 6.07) is 4.56. The molecule has 2 heterocycles. The molecule has 1 unspecified atom stereocenters. The van der Waals surface area contributed by atoms with Crippen LogP contribution >= 0.6 is 11.3 Å². The lowest BCUT2D eigenvalue weighted by Gasteiger charge is -2.16. The van der Waals surface area contributed by atoms with Gasteiger partial charge in [0.2, 0.25) is 0 Å². The van der Waals surface area contributed by atoms with E-state index < -0.39 is 0 Å². The summed E-state index contributed by atoms with van der Waals surface area (Å²) < 4.78 is 0. The van der Waals surface area contributed by atoms with Crippen molar-refractivity contribution in [1.82, 2.24) is 15.3 Å². The van der Waals surface area contributed by atoms with Crippen molar-refractivity contribution in [3.63, 3.8) is 0 Å². The summed E-state index contributed by atoms with van der Waals surface area (Å²) in [5.41, 5.74) is 2.33. The van der Waals surface area contributed by atoms with Crippen LogP contribution in [0.2, 0.25) is 0 Å². The van der Waals surface area contributed by atoms with E-state index in [2.05, 4.69) is 48.2 Å². The van der Waals surface area contributed by atoms with Gasteiger partial charge in [0.25, 0.3) is 0 Å². The molecule has 0 aromatic carbocycles. The van der Waals surface area contributed by atoms with Crippen LogP contribution in [0.15, 0.2) is 24.5 Å². The quantitative estimate of drug-likeness (QED) is 0.877. The molecule has 2 aromatic rings.